The fourth-order valence-electron chi connectivity index (χ4n) is 5.79. The van der Waals surface area contributed by atoms with Crippen molar-refractivity contribution in [3.8, 4) is 5.75 Å². The van der Waals surface area contributed by atoms with Crippen LogP contribution in [0.5, 0.6) is 5.75 Å². The van der Waals surface area contributed by atoms with Gasteiger partial charge in [-0.05, 0) is 68.7 Å². The fourth-order valence-corrected chi connectivity index (χ4v) is 6.18. The number of thiocarbonyl (C=S) groups is 1. The number of ketones is 1. The molecule has 12 heteroatoms. The zero-order valence-electron chi connectivity index (χ0n) is 27.3. The number of piperidine rings is 1. The van der Waals surface area contributed by atoms with Crippen LogP contribution >= 0.6 is 12.2 Å². The fraction of sp³-hybridized carbons (Fsp3) is 0.500. The molecular weight excluding hydrogens is 604 g/mol. The summed E-state index contributed by atoms with van der Waals surface area (Å²) in [7, 11) is 0. The van der Waals surface area contributed by atoms with Crippen molar-refractivity contribution < 1.29 is 23.9 Å². The Morgan fingerprint density at radius 3 is 2.46 bits per heavy atom. The molecule has 248 valence electrons. The molecule has 2 fully saturated rings. The molecule has 2 aliphatic rings. The van der Waals surface area contributed by atoms with Crippen molar-refractivity contribution in [1.82, 2.24) is 15.1 Å². The van der Waals surface area contributed by atoms with Crippen LogP contribution in [-0.2, 0) is 25.6 Å². The van der Waals surface area contributed by atoms with Gasteiger partial charge in [0.05, 0.1) is 17.6 Å². The van der Waals surface area contributed by atoms with Gasteiger partial charge < -0.3 is 20.3 Å². The number of nitrogens with one attached hydrogen (secondary N) is 3. The molecule has 4 rings (SSSR count). The van der Waals surface area contributed by atoms with Gasteiger partial charge in [-0.1, -0.05) is 32.1 Å². The summed E-state index contributed by atoms with van der Waals surface area (Å²) in [6.45, 7) is 12.6. The van der Waals surface area contributed by atoms with Gasteiger partial charge in [0, 0.05) is 62.6 Å². The Morgan fingerprint density at radius 2 is 1.78 bits per heavy atom. The van der Waals surface area contributed by atoms with Gasteiger partial charge in [0.1, 0.15) is 18.4 Å². The third kappa shape index (κ3) is 9.11. The highest BCUT2D eigenvalue weighted by atomic mass is 32.1. The van der Waals surface area contributed by atoms with Crippen LogP contribution in [0, 0.1) is 0 Å². The molecule has 2 aliphatic heterocycles. The van der Waals surface area contributed by atoms with Gasteiger partial charge in [0.15, 0.2) is 5.78 Å². The molecule has 0 radical (unpaired) electrons. The first-order valence-electron chi connectivity index (χ1n) is 16.0. The van der Waals surface area contributed by atoms with Gasteiger partial charge in [-0.15, -0.1) is 0 Å². The molecule has 2 aromatic rings. The molecule has 1 unspecified atom stereocenters. The molecule has 2 saturated heterocycles. The maximum Gasteiger partial charge on any atom is 0.249 e. The molecule has 0 aromatic heterocycles. The molecule has 2 heterocycles. The molecular formula is C34H46N6O5S. The van der Waals surface area contributed by atoms with E-state index in [-0.39, 0.29) is 23.5 Å². The number of imide groups is 1. The number of benzene rings is 2. The number of piperazine rings is 1. The predicted octanol–water partition coefficient (Wildman–Crippen LogP) is 3.62. The van der Waals surface area contributed by atoms with Crippen molar-refractivity contribution in [1.29, 1.82) is 0 Å². The van der Waals surface area contributed by atoms with Crippen LogP contribution in [0.3, 0.4) is 0 Å². The second kappa shape index (κ2) is 16.1. The van der Waals surface area contributed by atoms with Crippen LogP contribution in [0.2, 0.25) is 0 Å². The highest BCUT2D eigenvalue weighted by Gasteiger charge is 2.33. The zero-order valence-corrected chi connectivity index (χ0v) is 28.1. The minimum Gasteiger partial charge on any atom is -0.492 e. The molecule has 0 bridgehead atoms. The molecule has 0 spiro atoms. The number of hydrogen-bond acceptors (Lipinski definition) is 9. The maximum absolute atomic E-state index is 12.8. The van der Waals surface area contributed by atoms with Crippen molar-refractivity contribution in [2.24, 2.45) is 0 Å². The van der Waals surface area contributed by atoms with E-state index < -0.39 is 11.6 Å². The van der Waals surface area contributed by atoms with E-state index in [9.17, 15) is 19.2 Å². The molecule has 0 aliphatic carbocycles. The smallest absolute Gasteiger partial charge is 0.249 e. The lowest BCUT2D eigenvalue weighted by Crippen LogP contribution is -2.49. The monoisotopic (exact) mass is 650 g/mol. The lowest BCUT2D eigenvalue weighted by molar-refractivity contribution is -0.133. The number of carbonyl (C=O) groups is 4. The Kier molecular flexibility index (Phi) is 12.3. The van der Waals surface area contributed by atoms with E-state index in [2.05, 4.69) is 38.7 Å². The Hall–Kier alpha value is -3.87. The van der Waals surface area contributed by atoms with E-state index in [1.54, 1.807) is 11.6 Å². The molecule has 0 saturated carbocycles. The van der Waals surface area contributed by atoms with Crippen LogP contribution in [0.4, 0.5) is 17.1 Å². The van der Waals surface area contributed by atoms with Crippen LogP contribution in [0.15, 0.2) is 42.5 Å². The Labute approximate surface area is 277 Å². The van der Waals surface area contributed by atoms with Gasteiger partial charge >= 0.3 is 0 Å². The van der Waals surface area contributed by atoms with Crippen LogP contribution in [0.1, 0.15) is 52.5 Å². The van der Waals surface area contributed by atoms with Crippen LogP contribution in [0.25, 0.3) is 0 Å². The summed E-state index contributed by atoms with van der Waals surface area (Å²) >= 11 is 5.29. The standard InChI is InChI=1S/C34H46N6O5S/c1-5-24-20-27(40(23-46)34(3,4)30(41)6-2)10-12-29(24)45-19-18-38-14-16-39(17-15-38)22-32(43)36-26-9-7-8-25(21-26)35-28-11-13-31(42)37-33(28)44/h7-10,12,20-21,23,28,35H,5-6,11,13-19,22H2,1-4H3,(H,36,43)(H,37,42,44). The molecule has 3 N–H and O–H groups in total. The summed E-state index contributed by atoms with van der Waals surface area (Å²) < 4.78 is 6.20. The van der Waals surface area contributed by atoms with Gasteiger partial charge in [0.2, 0.25) is 17.7 Å². The summed E-state index contributed by atoms with van der Waals surface area (Å²) in [5.41, 5.74) is 4.11. The average molecular weight is 651 g/mol. The first kappa shape index (κ1) is 35.0. The van der Waals surface area contributed by atoms with E-state index >= 15 is 0 Å². The van der Waals surface area contributed by atoms with E-state index in [0.29, 0.717) is 43.8 Å². The number of hydrogen-bond donors (Lipinski definition) is 3. The Bertz CT molecular complexity index is 1420. The molecule has 11 nitrogen and oxygen atoms in total. The van der Waals surface area contributed by atoms with Gasteiger partial charge in [0.25, 0.3) is 0 Å². The highest BCUT2D eigenvalue weighted by Crippen LogP contribution is 2.30. The Balaban J connectivity index is 1.20. The van der Waals surface area contributed by atoms with Crippen LogP contribution < -0.4 is 25.6 Å². The lowest BCUT2D eigenvalue weighted by Gasteiger charge is -2.36. The number of rotatable bonds is 15. The van der Waals surface area contributed by atoms with Gasteiger partial charge in [-0.2, -0.15) is 0 Å². The third-order valence-corrected chi connectivity index (χ3v) is 8.85. The number of amides is 3. The van der Waals surface area contributed by atoms with Crippen LogP contribution in [-0.4, -0.2) is 96.3 Å². The second-order valence-electron chi connectivity index (χ2n) is 12.2. The summed E-state index contributed by atoms with van der Waals surface area (Å²) in [6.07, 6.45) is 1.96. The number of ether oxygens (including phenoxy) is 1. The number of nitrogens with zero attached hydrogens (tertiary/aromatic N) is 3. The quantitative estimate of drug-likeness (QED) is 0.195. The van der Waals surface area contributed by atoms with E-state index in [1.165, 1.54) is 0 Å². The molecule has 3 amide bonds. The number of aryl methyl sites for hydroxylation is 1. The van der Waals surface area contributed by atoms with Crippen molar-refractivity contribution in [3.63, 3.8) is 0 Å². The molecule has 46 heavy (non-hydrogen) atoms. The predicted molar refractivity (Wildman–Crippen MR) is 185 cm³/mol. The maximum atomic E-state index is 12.8. The SMILES string of the molecule is CCC(=O)C(C)(C)N(C=S)c1ccc(OCCN2CCN(CC(=O)Nc3cccc(NC4CCC(=O)NC4=O)c3)CC2)c(CC)c1. The van der Waals surface area contributed by atoms with Crippen molar-refractivity contribution in [2.75, 3.05) is 61.4 Å². The number of Topliss-reactive ketones (excluding diaryl/α,β-unsaturated/α-hetero) is 1. The first-order chi connectivity index (χ1) is 22.0. The van der Waals surface area contributed by atoms with Gasteiger partial charge in [-0.3, -0.25) is 34.3 Å². The third-order valence-electron chi connectivity index (χ3n) is 8.64. The first-order valence-corrected chi connectivity index (χ1v) is 16.5. The second-order valence-corrected chi connectivity index (χ2v) is 12.4. The summed E-state index contributed by atoms with van der Waals surface area (Å²) in [4.78, 5) is 55.2. The van der Waals surface area contributed by atoms with Crippen molar-refractivity contribution in [3.05, 3.63) is 48.0 Å². The van der Waals surface area contributed by atoms with E-state index in [0.717, 1.165) is 56.1 Å². The van der Waals surface area contributed by atoms with Gasteiger partial charge in [-0.25, -0.2) is 0 Å². The summed E-state index contributed by atoms with van der Waals surface area (Å²) in [6, 6.07) is 12.7. The largest absolute Gasteiger partial charge is 0.492 e. The lowest BCUT2D eigenvalue weighted by atomic mass is 9.94. The van der Waals surface area contributed by atoms with E-state index in [4.69, 9.17) is 17.0 Å². The highest BCUT2D eigenvalue weighted by molar-refractivity contribution is 7.79. The number of anilines is 3. The van der Waals surface area contributed by atoms with E-state index in [1.807, 2.05) is 56.0 Å². The molecule has 1 atom stereocenters. The zero-order chi connectivity index (χ0) is 33.3. The Morgan fingerprint density at radius 1 is 1.07 bits per heavy atom. The molecule has 2 aromatic carbocycles. The minimum atomic E-state index is -0.728. The summed E-state index contributed by atoms with van der Waals surface area (Å²) in [5.74, 6) is 0.269. The number of carbonyl (C=O) groups excluding carboxylic acids is 4. The average Bonchev–Trinajstić information content (AvgIpc) is 3.03. The normalized spacial score (nSPS) is 17.6. The topological polar surface area (TPSA) is 123 Å². The van der Waals surface area contributed by atoms with Crippen molar-refractivity contribution in [2.45, 2.75) is 65.0 Å². The summed E-state index contributed by atoms with van der Waals surface area (Å²) in [5, 5.41) is 8.44. The van der Waals surface area contributed by atoms with Crippen molar-refractivity contribution >= 4 is 58.3 Å². The minimum absolute atomic E-state index is 0.0971.